The molecule has 2 aromatic carbocycles. The molecule has 6 nitrogen and oxygen atoms in total. The van der Waals surface area contributed by atoms with Crippen molar-refractivity contribution in [2.75, 3.05) is 32.7 Å². The molecule has 3 aliphatic rings. The van der Waals surface area contributed by atoms with Gasteiger partial charge < -0.3 is 10.0 Å². The van der Waals surface area contributed by atoms with E-state index in [0.717, 1.165) is 88.1 Å². The van der Waals surface area contributed by atoms with Gasteiger partial charge in [-0.2, -0.15) is 5.10 Å². The molecule has 3 atom stereocenters. The van der Waals surface area contributed by atoms with Gasteiger partial charge in [0.25, 0.3) is 0 Å². The maximum absolute atomic E-state index is 14.3. The van der Waals surface area contributed by atoms with Crippen LogP contribution in [0.15, 0.2) is 54.6 Å². The highest BCUT2D eigenvalue weighted by Gasteiger charge is 2.43. The van der Waals surface area contributed by atoms with Crippen molar-refractivity contribution in [1.82, 2.24) is 19.6 Å². The maximum Gasteiger partial charge on any atom is 0.321 e. The van der Waals surface area contributed by atoms with Crippen LogP contribution in [0, 0.1) is 23.5 Å². The molecule has 0 amide bonds. The Morgan fingerprint density at radius 1 is 0.955 bits per heavy atom. The second kappa shape index (κ2) is 13.9. The van der Waals surface area contributed by atoms with Crippen molar-refractivity contribution in [2.45, 2.75) is 82.7 Å². The zero-order valence-corrected chi connectivity index (χ0v) is 25.9. The summed E-state index contributed by atoms with van der Waals surface area (Å²) in [5.41, 5.74) is 4.15. The fraction of sp³-hybridized carbons (Fsp3) is 0.556. The van der Waals surface area contributed by atoms with Crippen LogP contribution in [0.1, 0.15) is 86.2 Å². The standard InChI is InChI=1S/C36H46F2N4O2/c1-2-42-34(21-32(39-42)19-25-8-6-12-30(37)18-25)26-14-16-40(17-15-26)22-29-23-41(24-33(29)28-11-7-13-31(38)20-28)35(36(43)44)27-9-4-3-5-10-27/h6-8,11-13,18,20-21,26-27,29,33,35H,2-5,9-10,14-17,19,22-24H2,1H3,(H,43,44)/t29-,33+,35+/m0/s1. The minimum Gasteiger partial charge on any atom is -0.480 e. The first-order valence-electron chi connectivity index (χ1n) is 16.6. The van der Waals surface area contributed by atoms with Gasteiger partial charge in [0, 0.05) is 50.1 Å². The Morgan fingerprint density at radius 2 is 1.68 bits per heavy atom. The summed E-state index contributed by atoms with van der Waals surface area (Å²) in [4.78, 5) is 17.3. The number of carboxylic acids is 1. The molecule has 2 saturated heterocycles. The second-order valence-electron chi connectivity index (χ2n) is 13.3. The zero-order valence-electron chi connectivity index (χ0n) is 25.9. The lowest BCUT2D eigenvalue weighted by atomic mass is 9.83. The maximum atomic E-state index is 14.3. The van der Waals surface area contributed by atoms with E-state index in [1.165, 1.54) is 24.2 Å². The van der Waals surface area contributed by atoms with Gasteiger partial charge in [0.1, 0.15) is 17.7 Å². The van der Waals surface area contributed by atoms with Crippen LogP contribution in [0.5, 0.6) is 0 Å². The number of piperidine rings is 1. The van der Waals surface area contributed by atoms with Crippen molar-refractivity contribution in [2.24, 2.45) is 11.8 Å². The van der Waals surface area contributed by atoms with Gasteiger partial charge in [-0.3, -0.25) is 14.4 Å². The lowest BCUT2D eigenvalue weighted by molar-refractivity contribution is -0.145. The monoisotopic (exact) mass is 604 g/mol. The third kappa shape index (κ3) is 7.07. The molecule has 3 heterocycles. The summed E-state index contributed by atoms with van der Waals surface area (Å²) in [6.07, 6.45) is 8.06. The molecule has 0 unspecified atom stereocenters. The van der Waals surface area contributed by atoms with Crippen LogP contribution in [-0.2, 0) is 17.8 Å². The Labute approximate surface area is 260 Å². The normalized spacial score (nSPS) is 23.2. The molecular formula is C36H46F2N4O2. The number of carboxylic acid groups (broad SMARTS) is 1. The molecule has 0 spiro atoms. The number of rotatable bonds is 10. The van der Waals surface area contributed by atoms with E-state index in [-0.39, 0.29) is 29.4 Å². The van der Waals surface area contributed by atoms with E-state index in [2.05, 4.69) is 27.5 Å². The Hall–Kier alpha value is -3.10. The number of hydrogen-bond donors (Lipinski definition) is 1. The summed E-state index contributed by atoms with van der Waals surface area (Å²) in [7, 11) is 0. The lowest BCUT2D eigenvalue weighted by Gasteiger charge is -2.35. The molecule has 44 heavy (non-hydrogen) atoms. The Bertz CT molecular complexity index is 1410. The van der Waals surface area contributed by atoms with Crippen molar-refractivity contribution in [3.63, 3.8) is 0 Å². The molecule has 1 saturated carbocycles. The topological polar surface area (TPSA) is 61.6 Å². The lowest BCUT2D eigenvalue weighted by Crippen LogP contribution is -2.46. The number of aliphatic carboxylic acids is 1. The minimum atomic E-state index is -0.708. The third-order valence-electron chi connectivity index (χ3n) is 10.4. The molecule has 236 valence electrons. The van der Waals surface area contributed by atoms with Crippen molar-refractivity contribution in [1.29, 1.82) is 0 Å². The van der Waals surface area contributed by atoms with Crippen LogP contribution >= 0.6 is 0 Å². The first-order chi connectivity index (χ1) is 21.4. The Morgan fingerprint density at radius 3 is 2.36 bits per heavy atom. The van der Waals surface area contributed by atoms with Crippen LogP contribution in [-0.4, -0.2) is 69.4 Å². The fourth-order valence-electron chi connectivity index (χ4n) is 8.29. The van der Waals surface area contributed by atoms with Crippen LogP contribution in [0.4, 0.5) is 8.78 Å². The number of halogens is 2. The summed E-state index contributed by atoms with van der Waals surface area (Å²) in [5, 5.41) is 15.2. The van der Waals surface area contributed by atoms with Gasteiger partial charge in [-0.15, -0.1) is 0 Å². The van der Waals surface area contributed by atoms with E-state index in [1.54, 1.807) is 24.3 Å². The van der Waals surface area contributed by atoms with Crippen LogP contribution in [0.3, 0.4) is 0 Å². The van der Waals surface area contributed by atoms with Gasteiger partial charge in [-0.05, 0) is 99.0 Å². The highest BCUT2D eigenvalue weighted by molar-refractivity contribution is 5.74. The SMILES string of the molecule is CCn1nc(Cc2cccc(F)c2)cc1C1CCN(C[C@H]2CN([C@@H](C(=O)O)C3CCCCC3)C[C@@H]2c2cccc(F)c2)CC1. The quantitative estimate of drug-likeness (QED) is 0.279. The zero-order chi connectivity index (χ0) is 30.6. The van der Waals surface area contributed by atoms with Crippen molar-refractivity contribution in [3.05, 3.63) is 88.7 Å². The molecule has 1 aliphatic carbocycles. The van der Waals surface area contributed by atoms with Gasteiger partial charge in [-0.1, -0.05) is 43.5 Å². The minimum absolute atomic E-state index is 0.112. The summed E-state index contributed by atoms with van der Waals surface area (Å²) >= 11 is 0. The van der Waals surface area contributed by atoms with Gasteiger partial charge in [0.05, 0.1) is 5.69 Å². The number of aromatic nitrogens is 2. The van der Waals surface area contributed by atoms with E-state index in [0.29, 0.717) is 18.9 Å². The van der Waals surface area contributed by atoms with Gasteiger partial charge >= 0.3 is 5.97 Å². The van der Waals surface area contributed by atoms with Crippen LogP contribution in [0.25, 0.3) is 0 Å². The number of nitrogens with zero attached hydrogens (tertiary/aromatic N) is 4. The predicted octanol–water partition coefficient (Wildman–Crippen LogP) is 6.70. The summed E-state index contributed by atoms with van der Waals surface area (Å²) in [5.74, 6) is -0.187. The molecule has 0 radical (unpaired) electrons. The van der Waals surface area contributed by atoms with E-state index in [4.69, 9.17) is 5.10 Å². The van der Waals surface area contributed by atoms with Gasteiger partial charge in [0.2, 0.25) is 0 Å². The highest BCUT2D eigenvalue weighted by Crippen LogP contribution is 2.39. The molecule has 1 N–H and O–H groups in total. The van der Waals surface area contributed by atoms with Crippen LogP contribution in [0.2, 0.25) is 0 Å². The number of carbonyl (C=O) groups is 1. The van der Waals surface area contributed by atoms with Crippen molar-refractivity contribution < 1.29 is 18.7 Å². The van der Waals surface area contributed by atoms with Gasteiger partial charge in [0.15, 0.2) is 0 Å². The van der Waals surface area contributed by atoms with Crippen molar-refractivity contribution >= 4 is 5.97 Å². The van der Waals surface area contributed by atoms with Crippen molar-refractivity contribution in [3.8, 4) is 0 Å². The molecule has 8 heteroatoms. The molecule has 3 aromatic rings. The summed E-state index contributed by atoms with van der Waals surface area (Å²) < 4.78 is 30.2. The average molecular weight is 605 g/mol. The molecule has 3 fully saturated rings. The Kier molecular flexibility index (Phi) is 9.77. The fourth-order valence-corrected chi connectivity index (χ4v) is 8.29. The third-order valence-corrected chi connectivity index (χ3v) is 10.4. The molecule has 0 bridgehead atoms. The smallest absolute Gasteiger partial charge is 0.321 e. The average Bonchev–Trinajstić information content (AvgIpc) is 3.62. The van der Waals surface area contributed by atoms with E-state index in [1.807, 2.05) is 12.1 Å². The number of hydrogen-bond acceptors (Lipinski definition) is 4. The first-order valence-corrected chi connectivity index (χ1v) is 16.6. The van der Waals surface area contributed by atoms with E-state index >= 15 is 0 Å². The Balaban J connectivity index is 1.13. The second-order valence-corrected chi connectivity index (χ2v) is 13.3. The van der Waals surface area contributed by atoms with E-state index < -0.39 is 12.0 Å². The van der Waals surface area contributed by atoms with Gasteiger partial charge in [-0.25, -0.2) is 8.78 Å². The molecular weight excluding hydrogens is 558 g/mol. The van der Waals surface area contributed by atoms with E-state index in [9.17, 15) is 18.7 Å². The summed E-state index contributed by atoms with van der Waals surface area (Å²) in [6.45, 7) is 7.15. The summed E-state index contributed by atoms with van der Waals surface area (Å²) in [6, 6.07) is 15.4. The largest absolute Gasteiger partial charge is 0.480 e. The molecule has 1 aromatic heterocycles. The molecule has 2 aliphatic heterocycles. The highest BCUT2D eigenvalue weighted by atomic mass is 19.1. The number of aryl methyl sites for hydroxylation is 1. The number of benzene rings is 2. The first kappa shape index (κ1) is 30.9. The van der Waals surface area contributed by atoms with Crippen LogP contribution < -0.4 is 0 Å². The molecule has 6 rings (SSSR count). The predicted molar refractivity (Wildman–Crippen MR) is 168 cm³/mol. The number of likely N-dealkylation sites (tertiary alicyclic amines) is 2.